The number of nitrogens with one attached hydrogen (secondary N) is 1. The normalized spacial score (nSPS) is 13.1. The summed E-state index contributed by atoms with van der Waals surface area (Å²) in [4.78, 5) is 3.13. The molecule has 3 rings (SSSR count). The number of nitrogens with zero attached hydrogens (tertiary/aromatic N) is 1. The van der Waals surface area contributed by atoms with E-state index in [9.17, 15) is 0 Å². The van der Waals surface area contributed by atoms with Crippen LogP contribution in [-0.4, -0.2) is 4.98 Å². The molecule has 18 heavy (non-hydrogen) atoms. The second kappa shape index (κ2) is 4.40. The van der Waals surface area contributed by atoms with Crippen LogP contribution in [-0.2, 0) is 12.8 Å². The van der Waals surface area contributed by atoms with E-state index in [1.807, 2.05) is 6.07 Å². The van der Waals surface area contributed by atoms with Gasteiger partial charge in [0.2, 0.25) is 0 Å². The first-order valence-corrected chi connectivity index (χ1v) is 6.44. The number of aromatic nitrogens is 1. The summed E-state index contributed by atoms with van der Waals surface area (Å²) in [5.74, 6) is 0. The van der Waals surface area contributed by atoms with Crippen molar-refractivity contribution in [3.63, 3.8) is 0 Å². The van der Waals surface area contributed by atoms with Crippen LogP contribution in [0.5, 0.6) is 0 Å². The predicted molar refractivity (Wildman–Crippen MR) is 73.8 cm³/mol. The third-order valence-corrected chi connectivity index (χ3v) is 3.76. The molecule has 88 valence electrons. The van der Waals surface area contributed by atoms with E-state index in [4.69, 9.17) is 17.5 Å². The van der Waals surface area contributed by atoms with Gasteiger partial charge in [-0.15, -0.1) is 0 Å². The standard InChI is InChI=1S/C15H12N2S/c16-9-13-6-7-14(17-15(13)18)12-5-4-10-2-1-3-11(10)8-12/h4-8H,1-3H2,(H,17,18). The monoisotopic (exact) mass is 252 g/mol. The number of aryl methyl sites for hydroxylation is 2. The molecule has 0 atom stereocenters. The van der Waals surface area contributed by atoms with Gasteiger partial charge in [0.15, 0.2) is 0 Å². The Hall–Kier alpha value is -1.92. The van der Waals surface area contributed by atoms with Gasteiger partial charge in [0, 0.05) is 5.69 Å². The van der Waals surface area contributed by atoms with Gasteiger partial charge in [-0.3, -0.25) is 0 Å². The van der Waals surface area contributed by atoms with Crippen molar-refractivity contribution in [3.05, 3.63) is 51.7 Å². The van der Waals surface area contributed by atoms with Gasteiger partial charge < -0.3 is 4.98 Å². The molecule has 1 aromatic carbocycles. The third-order valence-electron chi connectivity index (χ3n) is 3.44. The molecule has 3 heteroatoms. The number of rotatable bonds is 1. The maximum absolute atomic E-state index is 8.87. The Morgan fingerprint density at radius 1 is 1.11 bits per heavy atom. The summed E-state index contributed by atoms with van der Waals surface area (Å²) in [6.07, 6.45) is 3.61. The summed E-state index contributed by atoms with van der Waals surface area (Å²) in [6.45, 7) is 0. The molecule has 1 aliphatic carbocycles. The fourth-order valence-corrected chi connectivity index (χ4v) is 2.69. The molecule has 0 bridgehead atoms. The van der Waals surface area contributed by atoms with E-state index in [0.717, 1.165) is 11.3 Å². The molecule has 0 fully saturated rings. The number of H-pyrrole nitrogens is 1. The number of fused-ring (bicyclic) bond motifs is 1. The molecule has 0 radical (unpaired) electrons. The van der Waals surface area contributed by atoms with Crippen LogP contribution in [0.2, 0.25) is 0 Å². The van der Waals surface area contributed by atoms with Crippen LogP contribution >= 0.6 is 12.2 Å². The first-order chi connectivity index (χ1) is 8.78. The Morgan fingerprint density at radius 2 is 1.94 bits per heavy atom. The molecular formula is C15H12N2S. The lowest BCUT2D eigenvalue weighted by Gasteiger charge is -2.05. The minimum absolute atomic E-state index is 0.510. The molecule has 0 unspecified atom stereocenters. The van der Waals surface area contributed by atoms with E-state index < -0.39 is 0 Å². The van der Waals surface area contributed by atoms with E-state index in [1.165, 1.54) is 30.4 Å². The van der Waals surface area contributed by atoms with E-state index in [-0.39, 0.29) is 0 Å². The number of hydrogen-bond acceptors (Lipinski definition) is 2. The predicted octanol–water partition coefficient (Wildman–Crippen LogP) is 3.77. The second-order valence-corrected chi connectivity index (χ2v) is 4.97. The summed E-state index contributed by atoms with van der Waals surface area (Å²) in [6, 6.07) is 12.3. The van der Waals surface area contributed by atoms with Crippen molar-refractivity contribution in [2.24, 2.45) is 0 Å². The van der Waals surface area contributed by atoms with Crippen molar-refractivity contribution in [1.82, 2.24) is 4.98 Å². The van der Waals surface area contributed by atoms with Gasteiger partial charge in [-0.2, -0.15) is 5.26 Å². The van der Waals surface area contributed by atoms with Crippen LogP contribution in [0.4, 0.5) is 0 Å². The van der Waals surface area contributed by atoms with E-state index >= 15 is 0 Å². The molecule has 0 saturated carbocycles. The van der Waals surface area contributed by atoms with Gasteiger partial charge >= 0.3 is 0 Å². The Balaban J connectivity index is 2.08. The lowest BCUT2D eigenvalue weighted by atomic mass is 10.0. The molecular weight excluding hydrogens is 240 g/mol. The van der Waals surface area contributed by atoms with Crippen molar-refractivity contribution < 1.29 is 0 Å². The van der Waals surface area contributed by atoms with Crippen LogP contribution in [0.15, 0.2) is 30.3 Å². The van der Waals surface area contributed by atoms with Crippen molar-refractivity contribution >= 4 is 12.2 Å². The van der Waals surface area contributed by atoms with Gasteiger partial charge in [-0.05, 0) is 54.2 Å². The van der Waals surface area contributed by atoms with Crippen LogP contribution in [0.3, 0.4) is 0 Å². The molecule has 2 aromatic rings. The molecule has 0 spiro atoms. The maximum atomic E-state index is 8.87. The zero-order valence-electron chi connectivity index (χ0n) is 9.86. The quantitative estimate of drug-likeness (QED) is 0.785. The van der Waals surface area contributed by atoms with Gasteiger partial charge in [-0.25, -0.2) is 0 Å². The summed E-state index contributed by atoms with van der Waals surface area (Å²) in [5, 5.41) is 8.87. The average Bonchev–Trinajstić information content (AvgIpc) is 2.85. The molecule has 1 heterocycles. The number of nitriles is 1. The number of benzene rings is 1. The average molecular weight is 252 g/mol. The molecule has 1 aliphatic rings. The topological polar surface area (TPSA) is 39.6 Å². The molecule has 1 N–H and O–H groups in total. The highest BCUT2D eigenvalue weighted by Gasteiger charge is 2.11. The van der Waals surface area contributed by atoms with Crippen LogP contribution in [0, 0.1) is 16.0 Å². The smallest absolute Gasteiger partial charge is 0.121 e. The highest BCUT2D eigenvalue weighted by molar-refractivity contribution is 7.71. The summed E-state index contributed by atoms with van der Waals surface area (Å²) < 4.78 is 0.510. The Kier molecular flexibility index (Phi) is 2.73. The lowest BCUT2D eigenvalue weighted by Crippen LogP contribution is -1.89. The molecule has 1 aromatic heterocycles. The summed E-state index contributed by atoms with van der Waals surface area (Å²) in [5.41, 5.74) is 5.55. The third kappa shape index (κ3) is 1.85. The first-order valence-electron chi connectivity index (χ1n) is 6.03. The fraction of sp³-hybridized carbons (Fsp3) is 0.200. The fourth-order valence-electron chi connectivity index (χ4n) is 2.47. The highest BCUT2D eigenvalue weighted by Crippen LogP contribution is 2.27. The Morgan fingerprint density at radius 3 is 2.72 bits per heavy atom. The Bertz CT molecular complexity index is 707. The van der Waals surface area contributed by atoms with E-state index in [0.29, 0.717) is 10.2 Å². The van der Waals surface area contributed by atoms with Crippen molar-refractivity contribution in [2.45, 2.75) is 19.3 Å². The van der Waals surface area contributed by atoms with Gasteiger partial charge in [0.05, 0.1) is 5.56 Å². The van der Waals surface area contributed by atoms with Gasteiger partial charge in [-0.1, -0.05) is 24.4 Å². The maximum Gasteiger partial charge on any atom is 0.121 e. The van der Waals surface area contributed by atoms with Gasteiger partial charge in [0.25, 0.3) is 0 Å². The molecule has 2 nitrogen and oxygen atoms in total. The number of aromatic amines is 1. The van der Waals surface area contributed by atoms with Crippen molar-refractivity contribution in [1.29, 1.82) is 5.26 Å². The van der Waals surface area contributed by atoms with E-state index in [1.54, 1.807) is 6.07 Å². The highest BCUT2D eigenvalue weighted by atomic mass is 32.1. The lowest BCUT2D eigenvalue weighted by molar-refractivity contribution is 0.912. The van der Waals surface area contributed by atoms with Crippen LogP contribution in [0.1, 0.15) is 23.1 Å². The summed E-state index contributed by atoms with van der Waals surface area (Å²) >= 11 is 5.16. The SMILES string of the molecule is N#Cc1ccc(-c2ccc3c(c2)CCC3)[nH]c1=S. The first kappa shape index (κ1) is 11.2. The number of hydrogen-bond donors (Lipinski definition) is 1. The number of pyridine rings is 1. The van der Waals surface area contributed by atoms with Gasteiger partial charge in [0.1, 0.15) is 10.7 Å². The van der Waals surface area contributed by atoms with Crippen LogP contribution < -0.4 is 0 Å². The Labute approximate surface area is 111 Å². The zero-order chi connectivity index (χ0) is 12.5. The second-order valence-electron chi connectivity index (χ2n) is 4.56. The molecule has 0 saturated heterocycles. The minimum atomic E-state index is 0.510. The largest absolute Gasteiger partial charge is 0.345 e. The van der Waals surface area contributed by atoms with Crippen molar-refractivity contribution in [3.8, 4) is 17.3 Å². The molecule has 0 amide bonds. The van der Waals surface area contributed by atoms with E-state index in [2.05, 4.69) is 29.3 Å². The van der Waals surface area contributed by atoms with Crippen molar-refractivity contribution in [2.75, 3.05) is 0 Å². The molecule has 0 aliphatic heterocycles. The minimum Gasteiger partial charge on any atom is -0.345 e. The summed E-state index contributed by atoms with van der Waals surface area (Å²) in [7, 11) is 0. The van der Waals surface area contributed by atoms with Crippen LogP contribution in [0.25, 0.3) is 11.3 Å². The zero-order valence-corrected chi connectivity index (χ0v) is 10.7.